The molecule has 0 aliphatic heterocycles. The van der Waals surface area contributed by atoms with Crippen LogP contribution in [0.25, 0.3) is 0 Å². The molecule has 3 N–H and O–H groups in total. The zero-order valence-electron chi connectivity index (χ0n) is 12.4. The predicted molar refractivity (Wildman–Crippen MR) is 83.5 cm³/mol. The van der Waals surface area contributed by atoms with Gasteiger partial charge >= 0.3 is 0 Å². The van der Waals surface area contributed by atoms with Gasteiger partial charge in [0.25, 0.3) is 5.56 Å². The number of hydrogen-bond acceptors (Lipinski definition) is 6. The maximum absolute atomic E-state index is 11.7. The molecule has 0 saturated heterocycles. The minimum absolute atomic E-state index is 0.149. The fourth-order valence-electron chi connectivity index (χ4n) is 2.02. The molecule has 0 amide bonds. The minimum atomic E-state index is -0.149. The van der Waals surface area contributed by atoms with Crippen LogP contribution in [0, 0.1) is 0 Å². The molecule has 0 bridgehead atoms. The van der Waals surface area contributed by atoms with Crippen molar-refractivity contribution in [3.63, 3.8) is 0 Å². The van der Waals surface area contributed by atoms with E-state index in [4.69, 9.17) is 5.73 Å². The van der Waals surface area contributed by atoms with E-state index >= 15 is 0 Å². The monoisotopic (exact) mass is 305 g/mol. The Morgan fingerprint density at radius 3 is 2.81 bits per heavy atom. The van der Waals surface area contributed by atoms with Gasteiger partial charge in [-0.2, -0.15) is 0 Å². The fraction of sp³-hybridized carbons (Fsp3) is 0.429. The summed E-state index contributed by atoms with van der Waals surface area (Å²) in [5, 5.41) is 1.26. The van der Waals surface area contributed by atoms with Crippen LogP contribution in [-0.4, -0.2) is 19.9 Å². The summed E-state index contributed by atoms with van der Waals surface area (Å²) in [7, 11) is 0. The first-order valence-corrected chi connectivity index (χ1v) is 7.71. The van der Waals surface area contributed by atoms with Crippen molar-refractivity contribution in [3.8, 4) is 0 Å². The number of nitrogen functional groups attached to an aromatic ring is 1. The maximum atomic E-state index is 11.7. The lowest BCUT2D eigenvalue weighted by atomic mass is 10.1. The molecule has 0 aliphatic rings. The number of nitrogens with one attached hydrogen (secondary N) is 1. The lowest BCUT2D eigenvalue weighted by Gasteiger charge is -2.12. The lowest BCUT2D eigenvalue weighted by molar-refractivity contribution is 0.797. The third-order valence-corrected chi connectivity index (χ3v) is 3.83. The van der Waals surface area contributed by atoms with Gasteiger partial charge in [-0.05, 0) is 24.1 Å². The molecular formula is C14H19N5OS. The first kappa shape index (κ1) is 15.5. The van der Waals surface area contributed by atoms with Crippen LogP contribution in [0.2, 0.25) is 0 Å². The Kier molecular flexibility index (Phi) is 4.95. The zero-order chi connectivity index (χ0) is 15.4. The van der Waals surface area contributed by atoms with Crippen molar-refractivity contribution < 1.29 is 0 Å². The van der Waals surface area contributed by atoms with Gasteiger partial charge in [-0.1, -0.05) is 27.2 Å². The van der Waals surface area contributed by atoms with Crippen molar-refractivity contribution in [2.24, 2.45) is 0 Å². The van der Waals surface area contributed by atoms with Crippen LogP contribution >= 0.6 is 11.8 Å². The van der Waals surface area contributed by atoms with E-state index in [1.54, 1.807) is 0 Å². The third kappa shape index (κ3) is 3.81. The molecule has 0 saturated carbocycles. The van der Waals surface area contributed by atoms with E-state index in [1.165, 1.54) is 24.2 Å². The van der Waals surface area contributed by atoms with Crippen LogP contribution in [-0.2, 0) is 6.42 Å². The maximum Gasteiger partial charge on any atom is 0.251 e. The molecule has 0 fully saturated rings. The average molecular weight is 305 g/mol. The Bertz CT molecular complexity index is 683. The quantitative estimate of drug-likeness (QED) is 0.650. The van der Waals surface area contributed by atoms with Gasteiger partial charge in [0.15, 0.2) is 5.16 Å². The Balaban J connectivity index is 2.39. The van der Waals surface area contributed by atoms with E-state index in [2.05, 4.69) is 26.9 Å². The lowest BCUT2D eigenvalue weighted by Crippen LogP contribution is -2.10. The van der Waals surface area contributed by atoms with Crippen molar-refractivity contribution in [1.82, 2.24) is 19.9 Å². The van der Waals surface area contributed by atoms with Crippen molar-refractivity contribution >= 4 is 17.6 Å². The molecule has 2 aromatic rings. The molecule has 7 heteroatoms. The second kappa shape index (κ2) is 6.71. The Hall–Kier alpha value is -1.89. The van der Waals surface area contributed by atoms with Gasteiger partial charge < -0.3 is 10.7 Å². The molecular weight excluding hydrogens is 286 g/mol. The summed E-state index contributed by atoms with van der Waals surface area (Å²) in [6.07, 6.45) is 3.15. The van der Waals surface area contributed by atoms with Crippen molar-refractivity contribution in [2.75, 3.05) is 5.73 Å². The average Bonchev–Trinajstić information content (AvgIpc) is 2.37. The number of aromatic nitrogens is 4. The number of aryl methyl sites for hydroxylation is 1. The second-order valence-corrected chi connectivity index (χ2v) is 6.00. The largest absolute Gasteiger partial charge is 0.383 e. The highest BCUT2D eigenvalue weighted by molar-refractivity contribution is 7.99. The van der Waals surface area contributed by atoms with Gasteiger partial charge in [-0.15, -0.1) is 0 Å². The molecule has 2 heterocycles. The van der Waals surface area contributed by atoms with Crippen LogP contribution in [0.4, 0.5) is 5.82 Å². The summed E-state index contributed by atoms with van der Waals surface area (Å²) in [6.45, 7) is 6.11. The van der Waals surface area contributed by atoms with Crippen molar-refractivity contribution in [2.45, 2.75) is 49.7 Å². The van der Waals surface area contributed by atoms with E-state index in [0.29, 0.717) is 11.0 Å². The molecule has 0 aliphatic carbocycles. The number of H-pyrrole nitrogens is 1. The Morgan fingerprint density at radius 2 is 2.14 bits per heavy atom. The van der Waals surface area contributed by atoms with Gasteiger partial charge in [0.05, 0.1) is 0 Å². The summed E-state index contributed by atoms with van der Waals surface area (Å²) in [5.74, 6) is 0.661. The van der Waals surface area contributed by atoms with Crippen LogP contribution in [0.1, 0.15) is 44.4 Å². The van der Waals surface area contributed by atoms with Crippen molar-refractivity contribution in [3.05, 3.63) is 34.0 Å². The summed E-state index contributed by atoms with van der Waals surface area (Å²) in [5.41, 5.74) is 7.45. The number of aromatic amines is 1. The van der Waals surface area contributed by atoms with Gasteiger partial charge in [0.2, 0.25) is 0 Å². The molecule has 0 unspecified atom stereocenters. The standard InChI is InChI=1S/C14H19N5OS/c1-4-5-9-6-10(20)19-14(18-9)21-13-11(8(2)3)12(15)16-7-17-13/h6-8H,4-5H2,1-3H3,(H2,15,16,17)(H,18,19,20). The van der Waals surface area contributed by atoms with Crippen LogP contribution < -0.4 is 11.3 Å². The normalized spacial score (nSPS) is 11.0. The first-order valence-electron chi connectivity index (χ1n) is 6.89. The number of anilines is 1. The predicted octanol–water partition coefficient (Wildman–Crippen LogP) is 2.37. The van der Waals surface area contributed by atoms with E-state index in [9.17, 15) is 4.79 Å². The Labute approximate surface area is 127 Å². The van der Waals surface area contributed by atoms with Gasteiger partial charge in [-0.3, -0.25) is 4.79 Å². The molecule has 112 valence electrons. The highest BCUT2D eigenvalue weighted by Gasteiger charge is 2.15. The zero-order valence-corrected chi connectivity index (χ0v) is 13.2. The van der Waals surface area contributed by atoms with E-state index < -0.39 is 0 Å². The third-order valence-electron chi connectivity index (χ3n) is 2.93. The van der Waals surface area contributed by atoms with E-state index in [1.807, 2.05) is 13.8 Å². The first-order chi connectivity index (χ1) is 10.0. The topological polar surface area (TPSA) is 97.5 Å². The number of nitrogens with two attached hydrogens (primary N) is 1. The summed E-state index contributed by atoms with van der Waals surface area (Å²) < 4.78 is 0. The van der Waals surface area contributed by atoms with Gasteiger partial charge in [0.1, 0.15) is 17.2 Å². The van der Waals surface area contributed by atoms with E-state index in [-0.39, 0.29) is 11.5 Å². The highest BCUT2D eigenvalue weighted by Crippen LogP contribution is 2.32. The van der Waals surface area contributed by atoms with Crippen LogP contribution in [0.15, 0.2) is 27.4 Å². The molecule has 21 heavy (non-hydrogen) atoms. The van der Waals surface area contributed by atoms with Gasteiger partial charge in [-0.25, -0.2) is 15.0 Å². The molecule has 0 aromatic carbocycles. The Morgan fingerprint density at radius 1 is 1.38 bits per heavy atom. The number of rotatable bonds is 5. The summed E-state index contributed by atoms with van der Waals surface area (Å²) in [6, 6.07) is 1.53. The summed E-state index contributed by atoms with van der Waals surface area (Å²) >= 11 is 1.31. The molecule has 0 radical (unpaired) electrons. The fourth-order valence-corrected chi connectivity index (χ4v) is 3.07. The molecule has 6 nitrogen and oxygen atoms in total. The molecule has 0 atom stereocenters. The smallest absolute Gasteiger partial charge is 0.251 e. The van der Waals surface area contributed by atoms with Crippen LogP contribution in [0.5, 0.6) is 0 Å². The highest BCUT2D eigenvalue weighted by atomic mass is 32.2. The summed E-state index contributed by atoms with van der Waals surface area (Å²) in [4.78, 5) is 27.2. The molecule has 2 aromatic heterocycles. The minimum Gasteiger partial charge on any atom is -0.383 e. The van der Waals surface area contributed by atoms with E-state index in [0.717, 1.165) is 29.1 Å². The second-order valence-electron chi connectivity index (χ2n) is 5.03. The van der Waals surface area contributed by atoms with Crippen LogP contribution in [0.3, 0.4) is 0 Å². The SMILES string of the molecule is CCCc1cc(=O)[nH]c(Sc2ncnc(N)c2C(C)C)n1. The molecule has 0 spiro atoms. The van der Waals surface area contributed by atoms with Crippen molar-refractivity contribution in [1.29, 1.82) is 0 Å². The van der Waals surface area contributed by atoms with Gasteiger partial charge in [0, 0.05) is 17.3 Å². The molecule has 2 rings (SSSR count). The number of hydrogen-bond donors (Lipinski definition) is 2. The number of nitrogens with zero attached hydrogens (tertiary/aromatic N) is 3.